The third kappa shape index (κ3) is 7.75. The van der Waals surface area contributed by atoms with Crippen LogP contribution in [0.1, 0.15) is 44.2 Å². The van der Waals surface area contributed by atoms with Crippen molar-refractivity contribution in [3.8, 4) is 0 Å². The Labute approximate surface area is 159 Å². The zero-order valence-corrected chi connectivity index (χ0v) is 16.8. The monoisotopic (exact) mass is 360 g/mol. The molecule has 5 nitrogen and oxygen atoms in total. The lowest BCUT2D eigenvalue weighted by atomic mass is 9.98. The molecule has 0 radical (unpaired) electrons. The first-order chi connectivity index (χ1) is 12.7. The summed E-state index contributed by atoms with van der Waals surface area (Å²) in [7, 11) is 1.73. The second kappa shape index (κ2) is 11.9. The van der Waals surface area contributed by atoms with Gasteiger partial charge in [0.05, 0.1) is 6.54 Å². The first-order valence-electron chi connectivity index (χ1n) is 10.0. The van der Waals surface area contributed by atoms with Gasteiger partial charge in [-0.1, -0.05) is 31.2 Å². The number of benzene rings is 1. The van der Waals surface area contributed by atoms with Crippen LogP contribution < -0.4 is 10.6 Å². The predicted octanol–water partition coefficient (Wildman–Crippen LogP) is 3.01. The van der Waals surface area contributed by atoms with Gasteiger partial charge in [0, 0.05) is 33.4 Å². The minimum atomic E-state index is 0.699. The van der Waals surface area contributed by atoms with Crippen LogP contribution in [0.3, 0.4) is 0 Å². The predicted molar refractivity (Wildman–Crippen MR) is 109 cm³/mol. The number of rotatable bonds is 9. The molecule has 5 heteroatoms. The second-order valence-corrected chi connectivity index (χ2v) is 7.25. The summed E-state index contributed by atoms with van der Waals surface area (Å²) >= 11 is 0. The maximum Gasteiger partial charge on any atom is 0.191 e. The SMILES string of the molecule is CCNC(=NCc1cccc(CN2CCC(C)CC2)c1)NCCCOC. The van der Waals surface area contributed by atoms with E-state index in [0.717, 1.165) is 44.5 Å². The standard InChI is InChI=1S/C21H36N4O/c1-4-22-21(23-11-6-14-26-3)24-16-19-7-5-8-20(15-19)17-25-12-9-18(2)10-13-25/h5,7-8,15,18H,4,6,9-14,16-17H2,1-3H3,(H2,22,23,24). The molecule has 1 fully saturated rings. The smallest absolute Gasteiger partial charge is 0.191 e. The van der Waals surface area contributed by atoms with Gasteiger partial charge < -0.3 is 15.4 Å². The summed E-state index contributed by atoms with van der Waals surface area (Å²) in [6.45, 7) is 11.1. The second-order valence-electron chi connectivity index (χ2n) is 7.25. The maximum absolute atomic E-state index is 5.09. The lowest BCUT2D eigenvalue weighted by Crippen LogP contribution is -2.38. The van der Waals surface area contributed by atoms with E-state index in [1.54, 1.807) is 7.11 Å². The van der Waals surface area contributed by atoms with Gasteiger partial charge in [0.1, 0.15) is 0 Å². The lowest BCUT2D eigenvalue weighted by Gasteiger charge is -2.30. The lowest BCUT2D eigenvalue weighted by molar-refractivity contribution is 0.185. The molecule has 0 atom stereocenters. The zero-order valence-electron chi connectivity index (χ0n) is 16.8. The molecule has 0 unspecified atom stereocenters. The van der Waals surface area contributed by atoms with Crippen molar-refractivity contribution in [3.63, 3.8) is 0 Å². The number of piperidine rings is 1. The van der Waals surface area contributed by atoms with Crippen molar-refractivity contribution < 1.29 is 4.74 Å². The van der Waals surface area contributed by atoms with Gasteiger partial charge in [0.2, 0.25) is 0 Å². The molecular weight excluding hydrogens is 324 g/mol. The molecule has 0 spiro atoms. The van der Waals surface area contributed by atoms with E-state index in [1.165, 1.54) is 37.1 Å². The quantitative estimate of drug-likeness (QED) is 0.404. The molecule has 1 saturated heterocycles. The Morgan fingerprint density at radius 1 is 1.23 bits per heavy atom. The summed E-state index contributed by atoms with van der Waals surface area (Å²) in [5.41, 5.74) is 2.66. The van der Waals surface area contributed by atoms with Crippen LogP contribution in [0.4, 0.5) is 0 Å². The van der Waals surface area contributed by atoms with E-state index in [9.17, 15) is 0 Å². The highest BCUT2D eigenvalue weighted by Gasteiger charge is 2.15. The van der Waals surface area contributed by atoms with Gasteiger partial charge in [-0.05, 0) is 56.3 Å². The van der Waals surface area contributed by atoms with Crippen molar-refractivity contribution in [1.82, 2.24) is 15.5 Å². The van der Waals surface area contributed by atoms with Crippen molar-refractivity contribution in [1.29, 1.82) is 0 Å². The highest BCUT2D eigenvalue weighted by atomic mass is 16.5. The zero-order chi connectivity index (χ0) is 18.6. The van der Waals surface area contributed by atoms with E-state index in [2.05, 4.69) is 53.6 Å². The third-order valence-electron chi connectivity index (χ3n) is 4.86. The summed E-state index contributed by atoms with van der Waals surface area (Å²) in [6.07, 6.45) is 3.63. The Hall–Kier alpha value is -1.59. The Bertz CT molecular complexity index is 539. The molecule has 2 rings (SSSR count). The number of nitrogens with one attached hydrogen (secondary N) is 2. The van der Waals surface area contributed by atoms with Gasteiger partial charge in [0.15, 0.2) is 5.96 Å². The minimum Gasteiger partial charge on any atom is -0.385 e. The van der Waals surface area contributed by atoms with E-state index in [0.29, 0.717) is 6.54 Å². The van der Waals surface area contributed by atoms with Crippen LogP contribution in [-0.4, -0.2) is 50.8 Å². The number of nitrogens with zero attached hydrogens (tertiary/aromatic N) is 2. The third-order valence-corrected chi connectivity index (χ3v) is 4.86. The van der Waals surface area contributed by atoms with Gasteiger partial charge in [0.25, 0.3) is 0 Å². The van der Waals surface area contributed by atoms with Crippen LogP contribution in [-0.2, 0) is 17.8 Å². The average Bonchev–Trinajstić information content (AvgIpc) is 2.65. The largest absolute Gasteiger partial charge is 0.385 e. The molecule has 0 aliphatic carbocycles. The Morgan fingerprint density at radius 3 is 2.73 bits per heavy atom. The molecule has 0 saturated carbocycles. The van der Waals surface area contributed by atoms with Crippen molar-refractivity contribution in [2.24, 2.45) is 10.9 Å². The highest BCUT2D eigenvalue weighted by molar-refractivity contribution is 5.79. The topological polar surface area (TPSA) is 48.9 Å². The summed E-state index contributed by atoms with van der Waals surface area (Å²) in [5.74, 6) is 1.76. The van der Waals surface area contributed by atoms with Crippen molar-refractivity contribution in [3.05, 3.63) is 35.4 Å². The van der Waals surface area contributed by atoms with E-state index in [4.69, 9.17) is 9.73 Å². The summed E-state index contributed by atoms with van der Waals surface area (Å²) in [4.78, 5) is 7.29. The first-order valence-corrected chi connectivity index (χ1v) is 10.0. The van der Waals surface area contributed by atoms with Crippen LogP contribution in [0.25, 0.3) is 0 Å². The normalized spacial score (nSPS) is 16.7. The van der Waals surface area contributed by atoms with Crippen molar-refractivity contribution in [2.45, 2.75) is 46.2 Å². The fourth-order valence-electron chi connectivity index (χ4n) is 3.24. The summed E-state index contributed by atoms with van der Waals surface area (Å²) < 4.78 is 5.09. The van der Waals surface area contributed by atoms with Gasteiger partial charge in [-0.15, -0.1) is 0 Å². The summed E-state index contributed by atoms with van der Waals surface area (Å²) in [6, 6.07) is 8.86. The number of aliphatic imine (C=N–C) groups is 1. The molecule has 1 aliphatic rings. The first kappa shape index (κ1) is 20.7. The number of hydrogen-bond acceptors (Lipinski definition) is 3. The van der Waals surface area contributed by atoms with Crippen molar-refractivity contribution >= 4 is 5.96 Å². The van der Waals surface area contributed by atoms with E-state index in [-0.39, 0.29) is 0 Å². The van der Waals surface area contributed by atoms with Crippen LogP contribution >= 0.6 is 0 Å². The van der Waals surface area contributed by atoms with Gasteiger partial charge in [-0.2, -0.15) is 0 Å². The van der Waals surface area contributed by atoms with Crippen LogP contribution in [0, 0.1) is 5.92 Å². The van der Waals surface area contributed by atoms with Gasteiger partial charge in [-0.25, -0.2) is 4.99 Å². The number of guanidine groups is 1. The van der Waals surface area contributed by atoms with Gasteiger partial charge in [-0.3, -0.25) is 4.90 Å². The Kier molecular flexibility index (Phi) is 9.50. The number of likely N-dealkylation sites (tertiary alicyclic amines) is 1. The molecule has 26 heavy (non-hydrogen) atoms. The molecule has 1 aromatic rings. The fourth-order valence-corrected chi connectivity index (χ4v) is 3.24. The molecule has 1 heterocycles. The number of hydrogen-bond donors (Lipinski definition) is 2. The van der Waals surface area contributed by atoms with Crippen molar-refractivity contribution in [2.75, 3.05) is 39.9 Å². The minimum absolute atomic E-state index is 0.699. The molecule has 2 N–H and O–H groups in total. The fraction of sp³-hybridized carbons (Fsp3) is 0.667. The number of methoxy groups -OCH3 is 1. The molecule has 146 valence electrons. The molecule has 0 bridgehead atoms. The maximum atomic E-state index is 5.09. The highest BCUT2D eigenvalue weighted by Crippen LogP contribution is 2.18. The average molecular weight is 361 g/mol. The summed E-state index contributed by atoms with van der Waals surface area (Å²) in [5, 5.41) is 6.66. The molecule has 1 aliphatic heterocycles. The molecular formula is C21H36N4O. The Balaban J connectivity index is 1.86. The molecule has 1 aromatic carbocycles. The number of ether oxygens (including phenoxy) is 1. The Morgan fingerprint density at radius 2 is 2.00 bits per heavy atom. The van der Waals surface area contributed by atoms with E-state index in [1.807, 2.05) is 0 Å². The van der Waals surface area contributed by atoms with Crippen LogP contribution in [0.15, 0.2) is 29.3 Å². The van der Waals surface area contributed by atoms with Crippen LogP contribution in [0.5, 0.6) is 0 Å². The van der Waals surface area contributed by atoms with E-state index >= 15 is 0 Å². The van der Waals surface area contributed by atoms with Crippen LogP contribution in [0.2, 0.25) is 0 Å². The molecule has 0 amide bonds. The molecule has 0 aromatic heterocycles. The van der Waals surface area contributed by atoms with Gasteiger partial charge >= 0.3 is 0 Å². The van der Waals surface area contributed by atoms with E-state index < -0.39 is 0 Å².